The second-order valence-corrected chi connectivity index (χ2v) is 4.21. The first-order valence-corrected chi connectivity index (χ1v) is 5.50. The van der Waals surface area contributed by atoms with Gasteiger partial charge in [0.1, 0.15) is 11.5 Å². The molecule has 0 N–H and O–H groups in total. The van der Waals surface area contributed by atoms with E-state index < -0.39 is 17.4 Å². The molecule has 0 amide bonds. The minimum atomic E-state index is -1.65. The van der Waals surface area contributed by atoms with Gasteiger partial charge in [-0.25, -0.2) is 0 Å². The zero-order valence-electron chi connectivity index (χ0n) is 10.9. The number of ether oxygens (including phenoxy) is 2. The van der Waals surface area contributed by atoms with Crippen LogP contribution in [0.15, 0.2) is 23.5 Å². The lowest BCUT2D eigenvalue weighted by Crippen LogP contribution is -2.48. The van der Waals surface area contributed by atoms with Gasteiger partial charge < -0.3 is 9.47 Å². The van der Waals surface area contributed by atoms with Crippen molar-refractivity contribution in [3.63, 3.8) is 0 Å². The Labute approximate surface area is 105 Å². The number of allylic oxidation sites excluding steroid dienone is 2. The largest absolute Gasteiger partial charge is 0.496 e. The van der Waals surface area contributed by atoms with Crippen LogP contribution in [0.2, 0.25) is 0 Å². The van der Waals surface area contributed by atoms with Gasteiger partial charge in [0.15, 0.2) is 0 Å². The van der Waals surface area contributed by atoms with Crippen LogP contribution in [0.1, 0.15) is 27.2 Å². The first kappa shape index (κ1) is 14.2. The van der Waals surface area contributed by atoms with Crippen LogP contribution < -0.4 is 0 Å². The SMILES string of the molecule is COC1=CC=C(C)C(=O)C1(CC(C)=O)OC(C)=O. The van der Waals surface area contributed by atoms with E-state index in [1.54, 1.807) is 19.1 Å². The van der Waals surface area contributed by atoms with Gasteiger partial charge in [0.2, 0.25) is 11.4 Å². The number of rotatable bonds is 4. The standard InChI is InChI=1S/C13H16O5/c1-8-5-6-11(17-4)13(12(8)16,7-9(2)14)18-10(3)15/h5-6H,7H2,1-4H3. The molecule has 0 heterocycles. The molecule has 5 nitrogen and oxygen atoms in total. The number of carbonyl (C=O) groups is 3. The van der Waals surface area contributed by atoms with Crippen LogP contribution >= 0.6 is 0 Å². The predicted octanol–water partition coefficient (Wildman–Crippen LogP) is 1.33. The highest BCUT2D eigenvalue weighted by Gasteiger charge is 2.49. The van der Waals surface area contributed by atoms with Gasteiger partial charge in [-0.05, 0) is 25.5 Å². The molecule has 0 radical (unpaired) electrons. The fraction of sp³-hybridized carbons (Fsp3) is 0.462. The molecule has 0 aromatic heterocycles. The van der Waals surface area contributed by atoms with E-state index in [0.717, 1.165) is 0 Å². The molecule has 1 unspecified atom stereocenters. The first-order valence-electron chi connectivity index (χ1n) is 5.50. The summed E-state index contributed by atoms with van der Waals surface area (Å²) in [5, 5.41) is 0. The fourth-order valence-corrected chi connectivity index (χ4v) is 1.97. The van der Waals surface area contributed by atoms with Crippen molar-refractivity contribution >= 4 is 17.5 Å². The lowest BCUT2D eigenvalue weighted by atomic mass is 9.83. The van der Waals surface area contributed by atoms with Crippen molar-refractivity contribution in [2.75, 3.05) is 7.11 Å². The van der Waals surface area contributed by atoms with Gasteiger partial charge in [0, 0.05) is 6.92 Å². The van der Waals surface area contributed by atoms with Crippen LogP contribution in [0, 0.1) is 0 Å². The van der Waals surface area contributed by atoms with Crippen LogP contribution in [0.5, 0.6) is 0 Å². The molecule has 0 aromatic carbocycles. The molecular weight excluding hydrogens is 236 g/mol. The molecule has 1 aliphatic carbocycles. The van der Waals surface area contributed by atoms with Crippen molar-refractivity contribution < 1.29 is 23.9 Å². The number of hydrogen-bond donors (Lipinski definition) is 0. The molecule has 0 fully saturated rings. The molecule has 98 valence electrons. The topological polar surface area (TPSA) is 69.7 Å². The highest BCUT2D eigenvalue weighted by atomic mass is 16.6. The fourth-order valence-electron chi connectivity index (χ4n) is 1.97. The summed E-state index contributed by atoms with van der Waals surface area (Å²) in [4.78, 5) is 34.9. The first-order chi connectivity index (χ1) is 8.33. The molecule has 0 saturated heterocycles. The van der Waals surface area contributed by atoms with Gasteiger partial charge in [0.05, 0.1) is 13.5 Å². The zero-order valence-corrected chi connectivity index (χ0v) is 10.9. The predicted molar refractivity (Wildman–Crippen MR) is 63.7 cm³/mol. The van der Waals surface area contributed by atoms with Crippen molar-refractivity contribution in [2.45, 2.75) is 32.8 Å². The van der Waals surface area contributed by atoms with Crippen molar-refractivity contribution in [1.29, 1.82) is 0 Å². The van der Waals surface area contributed by atoms with E-state index >= 15 is 0 Å². The third-order valence-corrected chi connectivity index (χ3v) is 2.64. The summed E-state index contributed by atoms with van der Waals surface area (Å²) in [6.45, 7) is 4.12. The maximum atomic E-state index is 12.3. The molecule has 0 aliphatic heterocycles. The van der Waals surface area contributed by atoms with Gasteiger partial charge in [-0.2, -0.15) is 0 Å². The quantitative estimate of drug-likeness (QED) is 0.706. The molecule has 0 saturated carbocycles. The zero-order chi connectivity index (χ0) is 13.9. The summed E-state index contributed by atoms with van der Waals surface area (Å²) in [6, 6.07) is 0. The molecule has 18 heavy (non-hydrogen) atoms. The van der Waals surface area contributed by atoms with Crippen LogP contribution in [0.3, 0.4) is 0 Å². The average molecular weight is 252 g/mol. The smallest absolute Gasteiger partial charge is 0.304 e. The summed E-state index contributed by atoms with van der Waals surface area (Å²) in [5.74, 6) is -1.15. The van der Waals surface area contributed by atoms with E-state index in [-0.39, 0.29) is 18.0 Å². The van der Waals surface area contributed by atoms with E-state index in [1.165, 1.54) is 21.0 Å². The third kappa shape index (κ3) is 2.50. The van der Waals surface area contributed by atoms with E-state index in [1.807, 2.05) is 0 Å². The van der Waals surface area contributed by atoms with Gasteiger partial charge in [0.25, 0.3) is 0 Å². The Morgan fingerprint density at radius 2 is 1.89 bits per heavy atom. The Bertz CT molecular complexity index is 440. The van der Waals surface area contributed by atoms with Crippen molar-refractivity contribution in [3.05, 3.63) is 23.5 Å². The third-order valence-electron chi connectivity index (χ3n) is 2.64. The Morgan fingerprint density at radius 1 is 1.28 bits per heavy atom. The Hall–Kier alpha value is -1.91. The minimum Gasteiger partial charge on any atom is -0.496 e. The number of methoxy groups -OCH3 is 1. The lowest BCUT2D eigenvalue weighted by Gasteiger charge is -2.34. The highest BCUT2D eigenvalue weighted by Crippen LogP contribution is 2.34. The van der Waals surface area contributed by atoms with E-state index in [0.29, 0.717) is 5.57 Å². The lowest BCUT2D eigenvalue weighted by molar-refractivity contribution is -0.165. The summed E-state index contributed by atoms with van der Waals surface area (Å²) >= 11 is 0. The maximum absolute atomic E-state index is 12.3. The summed E-state index contributed by atoms with van der Waals surface area (Å²) in [6.07, 6.45) is 2.89. The molecular formula is C13H16O5. The van der Waals surface area contributed by atoms with Gasteiger partial charge in [-0.3, -0.25) is 14.4 Å². The normalized spacial score (nSPS) is 23.0. The van der Waals surface area contributed by atoms with Gasteiger partial charge in [-0.1, -0.05) is 6.08 Å². The maximum Gasteiger partial charge on any atom is 0.304 e. The van der Waals surface area contributed by atoms with Crippen LogP contribution in [-0.4, -0.2) is 30.2 Å². The molecule has 1 atom stereocenters. The van der Waals surface area contributed by atoms with E-state index in [4.69, 9.17) is 9.47 Å². The highest BCUT2D eigenvalue weighted by molar-refractivity contribution is 6.08. The van der Waals surface area contributed by atoms with Gasteiger partial charge in [-0.15, -0.1) is 0 Å². The van der Waals surface area contributed by atoms with E-state index in [2.05, 4.69) is 0 Å². The van der Waals surface area contributed by atoms with Crippen LogP contribution in [0.4, 0.5) is 0 Å². The number of carbonyl (C=O) groups excluding carboxylic acids is 3. The van der Waals surface area contributed by atoms with Crippen molar-refractivity contribution in [1.82, 2.24) is 0 Å². The number of esters is 1. The van der Waals surface area contributed by atoms with Crippen molar-refractivity contribution in [2.24, 2.45) is 0 Å². The Kier molecular flexibility index (Phi) is 4.06. The summed E-state index contributed by atoms with van der Waals surface area (Å²) in [5.41, 5.74) is -1.23. The molecule has 0 bridgehead atoms. The van der Waals surface area contributed by atoms with Crippen LogP contribution in [-0.2, 0) is 23.9 Å². The Morgan fingerprint density at radius 3 is 2.33 bits per heavy atom. The van der Waals surface area contributed by atoms with Crippen molar-refractivity contribution in [3.8, 4) is 0 Å². The molecule has 0 aromatic rings. The molecule has 5 heteroatoms. The average Bonchev–Trinajstić information content (AvgIpc) is 2.24. The summed E-state index contributed by atoms with van der Waals surface area (Å²) in [7, 11) is 1.37. The second kappa shape index (κ2) is 5.16. The number of Topliss-reactive ketones (excluding diaryl/α,β-unsaturated/α-hetero) is 2. The summed E-state index contributed by atoms with van der Waals surface area (Å²) < 4.78 is 10.2. The Balaban J connectivity index is 3.33. The molecule has 0 spiro atoms. The number of hydrogen-bond acceptors (Lipinski definition) is 5. The molecule has 1 aliphatic rings. The monoisotopic (exact) mass is 252 g/mol. The van der Waals surface area contributed by atoms with Gasteiger partial charge >= 0.3 is 5.97 Å². The number of ketones is 2. The minimum absolute atomic E-state index is 0.170. The van der Waals surface area contributed by atoms with E-state index in [9.17, 15) is 14.4 Å². The molecule has 1 rings (SSSR count). The second-order valence-electron chi connectivity index (χ2n) is 4.21. The van der Waals surface area contributed by atoms with Crippen LogP contribution in [0.25, 0.3) is 0 Å².